The van der Waals surface area contributed by atoms with E-state index < -0.39 is 0 Å². The van der Waals surface area contributed by atoms with Crippen LogP contribution in [0.5, 0.6) is 0 Å². The molecule has 0 saturated carbocycles. The van der Waals surface area contributed by atoms with Crippen LogP contribution < -0.4 is 10.6 Å². The molecule has 6 nitrogen and oxygen atoms in total. The molecule has 0 radical (unpaired) electrons. The molecule has 1 heterocycles. The first-order valence-corrected chi connectivity index (χ1v) is 9.44. The molecule has 27 heavy (non-hydrogen) atoms. The van der Waals surface area contributed by atoms with E-state index in [0.29, 0.717) is 17.8 Å². The van der Waals surface area contributed by atoms with E-state index in [1.165, 1.54) is 6.07 Å². The number of carbonyl (C=O) groups is 2. The smallest absolute Gasteiger partial charge is 0.238 e. The lowest BCUT2D eigenvalue weighted by molar-refractivity contribution is -0.123. The number of amides is 2. The second kappa shape index (κ2) is 9.28. The molecule has 1 saturated heterocycles. The molecule has 1 aliphatic rings. The van der Waals surface area contributed by atoms with Crippen LogP contribution in [0.25, 0.3) is 0 Å². The standard InChI is InChI=1S/C20H31FN4O2/c1-15-6-7-16(12-17(15)21)22-18(26)13-24-8-5-9-25(11-10-24)14-19(27)23-20(2,3)4/h6-7,12H,5,8-11,13-14H2,1-4H3,(H,22,26)(H,23,27). The van der Waals surface area contributed by atoms with Crippen LogP contribution in [0.15, 0.2) is 18.2 Å². The molecular formula is C20H31FN4O2. The summed E-state index contributed by atoms with van der Waals surface area (Å²) in [5.74, 6) is -0.459. The fourth-order valence-corrected chi connectivity index (χ4v) is 3.08. The van der Waals surface area contributed by atoms with Crippen molar-refractivity contribution in [3.63, 3.8) is 0 Å². The predicted molar refractivity (Wildman–Crippen MR) is 105 cm³/mol. The van der Waals surface area contributed by atoms with Gasteiger partial charge in [-0.2, -0.15) is 0 Å². The van der Waals surface area contributed by atoms with Crippen molar-refractivity contribution in [2.45, 2.75) is 39.7 Å². The normalized spacial score (nSPS) is 16.6. The second-order valence-corrected chi connectivity index (χ2v) is 8.22. The fourth-order valence-electron chi connectivity index (χ4n) is 3.08. The Hall–Kier alpha value is -1.99. The van der Waals surface area contributed by atoms with Gasteiger partial charge in [0.1, 0.15) is 5.82 Å². The number of halogens is 1. The SMILES string of the molecule is Cc1ccc(NC(=O)CN2CCCN(CC(=O)NC(C)(C)C)CC2)cc1F. The predicted octanol–water partition coefficient (Wildman–Crippen LogP) is 2.00. The van der Waals surface area contributed by atoms with Gasteiger partial charge in [0, 0.05) is 24.3 Å². The summed E-state index contributed by atoms with van der Waals surface area (Å²) in [5.41, 5.74) is 0.789. The highest BCUT2D eigenvalue weighted by Gasteiger charge is 2.20. The number of nitrogens with one attached hydrogen (secondary N) is 2. The first kappa shape index (κ1) is 21.3. The fraction of sp³-hybridized carbons (Fsp3) is 0.600. The Morgan fingerprint density at radius 3 is 2.19 bits per heavy atom. The maximum absolute atomic E-state index is 13.6. The number of nitrogens with zero attached hydrogens (tertiary/aromatic N) is 2. The monoisotopic (exact) mass is 378 g/mol. The summed E-state index contributed by atoms with van der Waals surface area (Å²) in [6.07, 6.45) is 0.898. The number of benzene rings is 1. The molecule has 0 atom stereocenters. The van der Waals surface area contributed by atoms with Gasteiger partial charge in [0.15, 0.2) is 0 Å². The third-order valence-electron chi connectivity index (χ3n) is 4.39. The molecule has 1 aliphatic heterocycles. The molecule has 1 aromatic rings. The zero-order valence-electron chi connectivity index (χ0n) is 16.8. The summed E-state index contributed by atoms with van der Waals surface area (Å²) < 4.78 is 13.6. The molecule has 1 aromatic carbocycles. The van der Waals surface area contributed by atoms with Gasteiger partial charge < -0.3 is 10.6 Å². The van der Waals surface area contributed by atoms with Crippen LogP contribution in [0.1, 0.15) is 32.8 Å². The number of anilines is 1. The Kier molecular flexibility index (Phi) is 7.33. The van der Waals surface area contributed by atoms with Gasteiger partial charge in [-0.1, -0.05) is 6.07 Å². The van der Waals surface area contributed by atoms with Gasteiger partial charge in [0.2, 0.25) is 11.8 Å². The minimum absolute atomic E-state index is 0.0232. The molecule has 0 unspecified atom stereocenters. The van der Waals surface area contributed by atoms with Crippen LogP contribution >= 0.6 is 0 Å². The van der Waals surface area contributed by atoms with Crippen molar-refractivity contribution in [1.29, 1.82) is 0 Å². The average Bonchev–Trinajstić information content (AvgIpc) is 2.74. The summed E-state index contributed by atoms with van der Waals surface area (Å²) in [4.78, 5) is 28.5. The molecule has 0 bridgehead atoms. The molecule has 0 aromatic heterocycles. The van der Waals surface area contributed by atoms with Gasteiger partial charge in [0.25, 0.3) is 0 Å². The van der Waals surface area contributed by atoms with E-state index in [2.05, 4.69) is 20.4 Å². The van der Waals surface area contributed by atoms with Crippen molar-refractivity contribution in [3.05, 3.63) is 29.6 Å². The third-order valence-corrected chi connectivity index (χ3v) is 4.39. The minimum atomic E-state index is -0.327. The Morgan fingerprint density at radius 1 is 1.04 bits per heavy atom. The van der Waals surface area contributed by atoms with Crippen LogP contribution in [0.4, 0.5) is 10.1 Å². The van der Waals surface area contributed by atoms with Crippen LogP contribution in [0.2, 0.25) is 0 Å². The summed E-state index contributed by atoms with van der Waals surface area (Å²) in [5, 5.41) is 5.73. The van der Waals surface area contributed by atoms with Crippen molar-refractivity contribution in [2.24, 2.45) is 0 Å². The van der Waals surface area contributed by atoms with Crippen molar-refractivity contribution >= 4 is 17.5 Å². The Bertz CT molecular complexity index is 672. The van der Waals surface area contributed by atoms with E-state index in [1.54, 1.807) is 19.1 Å². The quantitative estimate of drug-likeness (QED) is 0.823. The van der Waals surface area contributed by atoms with Gasteiger partial charge in [-0.3, -0.25) is 19.4 Å². The number of carbonyl (C=O) groups excluding carboxylic acids is 2. The van der Waals surface area contributed by atoms with E-state index in [4.69, 9.17) is 0 Å². The Labute approximate surface area is 161 Å². The molecule has 0 spiro atoms. The molecule has 2 N–H and O–H groups in total. The highest BCUT2D eigenvalue weighted by atomic mass is 19.1. The largest absolute Gasteiger partial charge is 0.350 e. The van der Waals surface area contributed by atoms with Gasteiger partial charge in [-0.25, -0.2) is 4.39 Å². The lowest BCUT2D eigenvalue weighted by atomic mass is 10.1. The minimum Gasteiger partial charge on any atom is -0.350 e. The molecule has 2 rings (SSSR count). The summed E-state index contributed by atoms with van der Waals surface area (Å²) >= 11 is 0. The van der Waals surface area contributed by atoms with Crippen molar-refractivity contribution in [2.75, 3.05) is 44.6 Å². The second-order valence-electron chi connectivity index (χ2n) is 8.22. The lowest BCUT2D eigenvalue weighted by Crippen LogP contribution is -2.46. The Morgan fingerprint density at radius 2 is 1.63 bits per heavy atom. The van der Waals surface area contributed by atoms with Crippen LogP contribution in [0, 0.1) is 12.7 Å². The lowest BCUT2D eigenvalue weighted by Gasteiger charge is -2.25. The topological polar surface area (TPSA) is 64.7 Å². The van der Waals surface area contributed by atoms with Gasteiger partial charge in [-0.05, 0) is 64.9 Å². The van der Waals surface area contributed by atoms with Crippen LogP contribution in [-0.2, 0) is 9.59 Å². The van der Waals surface area contributed by atoms with Crippen molar-refractivity contribution < 1.29 is 14.0 Å². The highest BCUT2D eigenvalue weighted by molar-refractivity contribution is 5.92. The van der Waals surface area contributed by atoms with Gasteiger partial charge in [0.05, 0.1) is 13.1 Å². The third kappa shape index (κ3) is 7.64. The molecule has 150 valence electrons. The molecule has 1 fully saturated rings. The van der Waals surface area contributed by atoms with E-state index in [0.717, 1.165) is 32.6 Å². The van der Waals surface area contributed by atoms with E-state index in [1.807, 2.05) is 20.8 Å². The van der Waals surface area contributed by atoms with E-state index in [-0.39, 0.29) is 29.7 Å². The molecule has 2 amide bonds. The van der Waals surface area contributed by atoms with E-state index in [9.17, 15) is 14.0 Å². The number of rotatable bonds is 5. The molecule has 0 aliphatic carbocycles. The van der Waals surface area contributed by atoms with Crippen LogP contribution in [0.3, 0.4) is 0 Å². The van der Waals surface area contributed by atoms with Gasteiger partial charge in [-0.15, -0.1) is 0 Å². The molecular weight excluding hydrogens is 347 g/mol. The van der Waals surface area contributed by atoms with Crippen molar-refractivity contribution in [3.8, 4) is 0 Å². The summed E-state index contributed by atoms with van der Waals surface area (Å²) in [6.45, 7) is 11.3. The Balaban J connectivity index is 1.79. The van der Waals surface area contributed by atoms with Gasteiger partial charge >= 0.3 is 0 Å². The van der Waals surface area contributed by atoms with Crippen molar-refractivity contribution in [1.82, 2.24) is 15.1 Å². The number of hydrogen-bond acceptors (Lipinski definition) is 4. The number of aryl methyl sites for hydroxylation is 1. The zero-order valence-corrected chi connectivity index (χ0v) is 16.8. The first-order valence-electron chi connectivity index (χ1n) is 9.44. The summed E-state index contributed by atoms with van der Waals surface area (Å²) in [7, 11) is 0. The average molecular weight is 378 g/mol. The van der Waals surface area contributed by atoms with Crippen LogP contribution in [-0.4, -0.2) is 66.4 Å². The highest BCUT2D eigenvalue weighted by Crippen LogP contribution is 2.13. The van der Waals surface area contributed by atoms with E-state index >= 15 is 0 Å². The maximum Gasteiger partial charge on any atom is 0.238 e. The molecule has 7 heteroatoms. The number of hydrogen-bond donors (Lipinski definition) is 2. The summed E-state index contributed by atoms with van der Waals surface area (Å²) in [6, 6.07) is 4.69. The first-order chi connectivity index (χ1) is 12.6. The zero-order chi connectivity index (χ0) is 20.0. The maximum atomic E-state index is 13.6.